The second kappa shape index (κ2) is 13.3. The highest BCUT2D eigenvalue weighted by Gasteiger charge is 2.50. The van der Waals surface area contributed by atoms with Gasteiger partial charge in [-0.05, 0) is 73.6 Å². The minimum absolute atomic E-state index is 0.00635. The Morgan fingerprint density at radius 3 is 2.27 bits per heavy atom. The van der Waals surface area contributed by atoms with Gasteiger partial charge >= 0.3 is 0 Å². The number of hydrogen-bond acceptors (Lipinski definition) is 5. The van der Waals surface area contributed by atoms with Crippen LogP contribution in [0.15, 0.2) is 78.9 Å². The smallest absolute Gasteiger partial charge is 0.251 e. The molecule has 1 unspecified atom stereocenters. The molecule has 216 valence electrons. The lowest BCUT2D eigenvalue weighted by Gasteiger charge is -2.31. The number of amides is 2. The molecular formula is C34H42N4O3. The number of rotatable bonds is 12. The Bertz CT molecular complexity index is 1290. The Morgan fingerprint density at radius 1 is 0.902 bits per heavy atom. The van der Waals surface area contributed by atoms with Gasteiger partial charge in [0.15, 0.2) is 0 Å². The first-order valence-electron chi connectivity index (χ1n) is 14.8. The van der Waals surface area contributed by atoms with E-state index in [9.17, 15) is 9.59 Å². The summed E-state index contributed by atoms with van der Waals surface area (Å²) >= 11 is 0. The Hall–Kier alpha value is -3.68. The lowest BCUT2D eigenvalue weighted by atomic mass is 10.0. The predicted octanol–water partition coefficient (Wildman–Crippen LogP) is 4.60. The zero-order chi connectivity index (χ0) is 28.7. The molecule has 2 amide bonds. The fourth-order valence-electron chi connectivity index (χ4n) is 5.79. The number of nitrogens with one attached hydrogen (secondary N) is 3. The topological polar surface area (TPSA) is 82.7 Å². The maximum Gasteiger partial charge on any atom is 0.251 e. The first-order valence-corrected chi connectivity index (χ1v) is 14.8. The highest BCUT2D eigenvalue weighted by molar-refractivity contribution is 5.98. The van der Waals surface area contributed by atoms with Gasteiger partial charge in [-0.15, -0.1) is 0 Å². The fourth-order valence-corrected chi connectivity index (χ4v) is 5.79. The number of benzene rings is 3. The number of hydrogen-bond donors (Lipinski definition) is 3. The third-order valence-electron chi connectivity index (χ3n) is 8.46. The van der Waals surface area contributed by atoms with Crippen LogP contribution in [0.1, 0.15) is 54.4 Å². The number of carbonyl (C=O) groups excluding carboxylic acids is 2. The molecule has 0 spiro atoms. The minimum Gasteiger partial charge on any atom is -0.497 e. The molecule has 1 saturated carbocycles. The monoisotopic (exact) mass is 554 g/mol. The second-order valence-corrected chi connectivity index (χ2v) is 11.4. The first-order chi connectivity index (χ1) is 20.0. The fraction of sp³-hybridized carbons (Fsp3) is 0.412. The van der Waals surface area contributed by atoms with E-state index in [4.69, 9.17) is 4.74 Å². The van der Waals surface area contributed by atoms with Gasteiger partial charge in [0.2, 0.25) is 5.91 Å². The zero-order valence-corrected chi connectivity index (χ0v) is 24.2. The molecule has 2 aliphatic rings. The Labute approximate surface area is 243 Å². The standard InChI is InChI=1S/C34H42N4O3/c1-34(23-30(34)27-15-17-29(41-2)18-16-27)36-20-19-35-24-31(33(40)38-21-7-4-8-22-38)37-32(39)28-13-11-26(12-14-28)25-9-5-3-6-10-25/h3,5-6,9-18,30-31,35-36H,4,7-8,19-24H2,1-2H3,(H,37,39)/t30-,31-,34?/m0/s1. The number of likely N-dealkylation sites (tertiary alicyclic amines) is 1. The van der Waals surface area contributed by atoms with Crippen LogP contribution in [-0.2, 0) is 4.79 Å². The Balaban J connectivity index is 1.14. The molecule has 1 saturated heterocycles. The molecule has 7 nitrogen and oxygen atoms in total. The van der Waals surface area contributed by atoms with Gasteiger partial charge in [-0.3, -0.25) is 9.59 Å². The van der Waals surface area contributed by atoms with Gasteiger partial charge in [-0.1, -0.05) is 54.6 Å². The van der Waals surface area contributed by atoms with E-state index >= 15 is 0 Å². The van der Waals surface area contributed by atoms with E-state index in [1.54, 1.807) is 7.11 Å². The molecular weight excluding hydrogens is 512 g/mol. The highest BCUT2D eigenvalue weighted by Crippen LogP contribution is 2.51. The van der Waals surface area contributed by atoms with Crippen molar-refractivity contribution >= 4 is 11.8 Å². The molecule has 0 bridgehead atoms. The quantitative estimate of drug-likeness (QED) is 0.285. The molecule has 5 rings (SSSR count). The van der Waals surface area contributed by atoms with E-state index < -0.39 is 6.04 Å². The van der Waals surface area contributed by atoms with E-state index in [-0.39, 0.29) is 17.4 Å². The molecule has 0 aromatic heterocycles. The first kappa shape index (κ1) is 28.8. The van der Waals surface area contributed by atoms with E-state index in [0.717, 1.165) is 62.2 Å². The summed E-state index contributed by atoms with van der Waals surface area (Å²) in [5.74, 6) is 1.12. The normalized spacial score (nSPS) is 20.7. The summed E-state index contributed by atoms with van der Waals surface area (Å²) < 4.78 is 5.28. The lowest BCUT2D eigenvalue weighted by molar-refractivity contribution is -0.134. The third kappa shape index (κ3) is 7.34. The summed E-state index contributed by atoms with van der Waals surface area (Å²) in [6.07, 6.45) is 4.26. The number of carbonyl (C=O) groups is 2. The minimum atomic E-state index is -0.613. The molecule has 1 aliphatic carbocycles. The molecule has 1 aliphatic heterocycles. The molecule has 3 atom stereocenters. The van der Waals surface area contributed by atoms with E-state index in [2.05, 4.69) is 35.0 Å². The van der Waals surface area contributed by atoms with Crippen LogP contribution in [0.3, 0.4) is 0 Å². The summed E-state index contributed by atoms with van der Waals surface area (Å²) in [5.41, 5.74) is 4.09. The number of nitrogens with zero attached hydrogens (tertiary/aromatic N) is 1. The lowest BCUT2D eigenvalue weighted by Crippen LogP contribution is -2.54. The predicted molar refractivity (Wildman–Crippen MR) is 163 cm³/mol. The van der Waals surface area contributed by atoms with Crippen LogP contribution < -0.4 is 20.7 Å². The summed E-state index contributed by atoms with van der Waals surface area (Å²) in [4.78, 5) is 28.5. The number of ether oxygens (including phenoxy) is 1. The number of methoxy groups -OCH3 is 1. The van der Waals surface area contributed by atoms with Crippen molar-refractivity contribution in [2.45, 2.75) is 50.1 Å². The van der Waals surface area contributed by atoms with E-state index in [0.29, 0.717) is 24.6 Å². The largest absolute Gasteiger partial charge is 0.497 e. The van der Waals surface area contributed by atoms with E-state index in [1.807, 2.05) is 71.6 Å². The van der Waals surface area contributed by atoms with Crippen molar-refractivity contribution in [2.24, 2.45) is 0 Å². The summed E-state index contributed by atoms with van der Waals surface area (Å²) in [6.45, 7) is 5.64. The van der Waals surface area contributed by atoms with Gasteiger partial charge in [0.1, 0.15) is 11.8 Å². The third-order valence-corrected chi connectivity index (χ3v) is 8.46. The van der Waals surface area contributed by atoms with Crippen LogP contribution in [-0.4, -0.2) is 68.1 Å². The van der Waals surface area contributed by atoms with Crippen molar-refractivity contribution in [3.63, 3.8) is 0 Å². The SMILES string of the molecule is COc1ccc([C@@H]2CC2(C)NCCNC[C@H](NC(=O)c2ccc(-c3ccccc3)cc2)C(=O)N2CCCCC2)cc1. The molecule has 0 radical (unpaired) electrons. The van der Waals surface area contributed by atoms with Crippen molar-refractivity contribution in [3.05, 3.63) is 90.0 Å². The second-order valence-electron chi connectivity index (χ2n) is 11.4. The van der Waals surface area contributed by atoms with Gasteiger partial charge in [0, 0.05) is 49.7 Å². The van der Waals surface area contributed by atoms with Crippen molar-refractivity contribution in [3.8, 4) is 16.9 Å². The average molecular weight is 555 g/mol. The Kier molecular flexibility index (Phi) is 9.37. The molecule has 3 N–H and O–H groups in total. The van der Waals surface area contributed by atoms with Gasteiger partial charge in [-0.2, -0.15) is 0 Å². The average Bonchev–Trinajstić information content (AvgIpc) is 3.71. The summed E-state index contributed by atoms with van der Waals surface area (Å²) in [6, 6.07) is 25.3. The molecule has 2 fully saturated rings. The summed E-state index contributed by atoms with van der Waals surface area (Å²) in [5, 5.41) is 10.1. The molecule has 41 heavy (non-hydrogen) atoms. The van der Waals surface area contributed by atoms with Crippen LogP contribution in [0.2, 0.25) is 0 Å². The van der Waals surface area contributed by atoms with Crippen LogP contribution >= 0.6 is 0 Å². The van der Waals surface area contributed by atoms with Crippen molar-refractivity contribution in [1.29, 1.82) is 0 Å². The van der Waals surface area contributed by atoms with Crippen molar-refractivity contribution in [2.75, 3.05) is 39.8 Å². The molecule has 1 heterocycles. The molecule has 3 aromatic rings. The van der Waals surface area contributed by atoms with Crippen LogP contribution in [0.4, 0.5) is 0 Å². The van der Waals surface area contributed by atoms with Gasteiger partial charge in [0.05, 0.1) is 7.11 Å². The molecule has 7 heteroatoms. The zero-order valence-electron chi connectivity index (χ0n) is 24.2. The van der Waals surface area contributed by atoms with Gasteiger partial charge in [0.25, 0.3) is 5.91 Å². The van der Waals surface area contributed by atoms with Crippen LogP contribution in [0.25, 0.3) is 11.1 Å². The van der Waals surface area contributed by atoms with Gasteiger partial charge in [-0.25, -0.2) is 0 Å². The van der Waals surface area contributed by atoms with Crippen LogP contribution in [0.5, 0.6) is 5.75 Å². The maximum absolute atomic E-state index is 13.4. The van der Waals surface area contributed by atoms with E-state index in [1.165, 1.54) is 5.56 Å². The van der Waals surface area contributed by atoms with Crippen molar-refractivity contribution < 1.29 is 14.3 Å². The Morgan fingerprint density at radius 2 is 1.59 bits per heavy atom. The molecule has 3 aromatic carbocycles. The summed E-state index contributed by atoms with van der Waals surface area (Å²) in [7, 11) is 1.68. The van der Waals surface area contributed by atoms with Crippen LogP contribution in [0, 0.1) is 0 Å². The van der Waals surface area contributed by atoms with Crippen molar-refractivity contribution in [1.82, 2.24) is 20.9 Å². The number of piperidine rings is 1. The highest BCUT2D eigenvalue weighted by atomic mass is 16.5. The van der Waals surface area contributed by atoms with Gasteiger partial charge < -0.3 is 25.6 Å². The maximum atomic E-state index is 13.4.